The number of rotatable bonds is 23. The maximum absolute atomic E-state index is 12.2. The van der Waals surface area contributed by atoms with E-state index in [9.17, 15) is 19.4 Å². The van der Waals surface area contributed by atoms with Crippen LogP contribution in [0.1, 0.15) is 97.3 Å². The molecule has 3 unspecified atom stereocenters. The molecule has 9 heteroatoms. The van der Waals surface area contributed by atoms with E-state index in [0.717, 1.165) is 19.3 Å². The Labute approximate surface area is 214 Å². The number of nitrogens with one attached hydrogen (secondary N) is 1. The van der Waals surface area contributed by atoms with Crippen LogP contribution in [-0.2, 0) is 18.4 Å². The predicted octanol–water partition coefficient (Wildman–Crippen LogP) is 5.34. The average molecular weight is 522 g/mol. The molecule has 0 aliphatic rings. The van der Waals surface area contributed by atoms with Gasteiger partial charge in [0.25, 0.3) is 0 Å². The summed E-state index contributed by atoms with van der Waals surface area (Å²) >= 11 is 0. The number of quaternary nitrogens is 1. The Kier molecular flexibility index (Phi) is 19.9. The molecular formula is C26H54N2O6P+. The van der Waals surface area contributed by atoms with Crippen LogP contribution in [0.25, 0.3) is 0 Å². The van der Waals surface area contributed by atoms with Crippen molar-refractivity contribution < 1.29 is 32.9 Å². The Balaban J connectivity index is 4.42. The normalized spacial score (nSPS) is 15.7. The number of carbonyl (C=O) groups excluding carboxylic acids is 1. The van der Waals surface area contributed by atoms with Gasteiger partial charge in [-0.25, -0.2) is 4.57 Å². The summed E-state index contributed by atoms with van der Waals surface area (Å²) in [5.74, 6) is -0.234. The van der Waals surface area contributed by atoms with Gasteiger partial charge in [0.1, 0.15) is 13.2 Å². The minimum absolute atomic E-state index is 0.0610. The molecule has 0 aliphatic carbocycles. The fraction of sp³-hybridized carbons (Fsp3) is 0.885. The van der Waals surface area contributed by atoms with Crippen molar-refractivity contribution in [2.75, 3.05) is 40.9 Å². The number of phosphoric acid groups is 1. The highest BCUT2D eigenvalue weighted by molar-refractivity contribution is 7.47. The number of nitrogens with zero attached hydrogens (tertiary/aromatic N) is 1. The first-order chi connectivity index (χ1) is 16.5. The van der Waals surface area contributed by atoms with Crippen LogP contribution >= 0.6 is 7.82 Å². The predicted molar refractivity (Wildman–Crippen MR) is 143 cm³/mol. The maximum atomic E-state index is 12.2. The molecule has 1 amide bonds. The molecule has 8 nitrogen and oxygen atoms in total. The van der Waals surface area contributed by atoms with Crippen LogP contribution in [-0.4, -0.2) is 73.4 Å². The Hall–Kier alpha value is -0.760. The van der Waals surface area contributed by atoms with Gasteiger partial charge in [0.2, 0.25) is 5.91 Å². The van der Waals surface area contributed by atoms with Gasteiger partial charge >= 0.3 is 7.82 Å². The molecule has 0 aromatic rings. The highest BCUT2D eigenvalue weighted by atomic mass is 31.2. The van der Waals surface area contributed by atoms with Gasteiger partial charge in [-0.15, -0.1) is 0 Å². The maximum Gasteiger partial charge on any atom is 0.472 e. The molecule has 0 saturated heterocycles. The van der Waals surface area contributed by atoms with E-state index < -0.39 is 20.0 Å². The van der Waals surface area contributed by atoms with Crippen molar-refractivity contribution in [1.29, 1.82) is 0 Å². The molecule has 0 bridgehead atoms. The number of phosphoric ester groups is 1. The third kappa shape index (κ3) is 22.2. The van der Waals surface area contributed by atoms with Crippen LogP contribution in [0.2, 0.25) is 0 Å². The third-order valence-electron chi connectivity index (χ3n) is 5.73. The first-order valence-corrected chi connectivity index (χ1v) is 15.1. The zero-order valence-electron chi connectivity index (χ0n) is 23.0. The molecule has 208 valence electrons. The lowest BCUT2D eigenvalue weighted by Crippen LogP contribution is -2.45. The first-order valence-electron chi connectivity index (χ1n) is 13.6. The molecule has 0 aromatic carbocycles. The van der Waals surface area contributed by atoms with Crippen LogP contribution in [0.15, 0.2) is 12.2 Å². The van der Waals surface area contributed by atoms with Crippen molar-refractivity contribution in [3.05, 3.63) is 12.2 Å². The number of carbonyl (C=O) groups is 1. The minimum Gasteiger partial charge on any atom is -0.387 e. The zero-order valence-corrected chi connectivity index (χ0v) is 23.9. The average Bonchev–Trinajstić information content (AvgIpc) is 2.76. The van der Waals surface area contributed by atoms with E-state index >= 15 is 0 Å². The van der Waals surface area contributed by atoms with Gasteiger partial charge < -0.3 is 19.8 Å². The van der Waals surface area contributed by atoms with Gasteiger partial charge in [-0.3, -0.25) is 13.8 Å². The molecule has 0 spiro atoms. The van der Waals surface area contributed by atoms with Crippen molar-refractivity contribution in [2.45, 2.75) is 109 Å². The van der Waals surface area contributed by atoms with Crippen LogP contribution < -0.4 is 5.32 Å². The summed E-state index contributed by atoms with van der Waals surface area (Å²) in [4.78, 5) is 22.0. The fourth-order valence-corrected chi connectivity index (χ4v) is 4.23. The number of allylic oxidation sites excluding steroid dienone is 1. The molecule has 0 heterocycles. The Bertz CT molecular complexity index is 609. The van der Waals surface area contributed by atoms with Crippen LogP contribution in [0.3, 0.4) is 0 Å². The van der Waals surface area contributed by atoms with E-state index in [4.69, 9.17) is 9.05 Å². The van der Waals surface area contributed by atoms with Gasteiger partial charge in [0.05, 0.1) is 39.9 Å². The van der Waals surface area contributed by atoms with Gasteiger partial charge in [-0.2, -0.15) is 0 Å². The molecule has 35 heavy (non-hydrogen) atoms. The highest BCUT2D eigenvalue weighted by Crippen LogP contribution is 2.43. The summed E-state index contributed by atoms with van der Waals surface area (Å²) < 4.78 is 22.9. The lowest BCUT2D eigenvalue weighted by atomic mass is 10.1. The van der Waals surface area contributed by atoms with Crippen LogP contribution in [0.5, 0.6) is 0 Å². The molecule has 0 aliphatic heterocycles. The van der Waals surface area contributed by atoms with Crippen LogP contribution in [0.4, 0.5) is 0 Å². The van der Waals surface area contributed by atoms with Crippen LogP contribution in [0, 0.1) is 0 Å². The quantitative estimate of drug-likeness (QED) is 0.0726. The lowest BCUT2D eigenvalue weighted by Gasteiger charge is -2.25. The minimum atomic E-state index is -4.29. The molecule has 0 aromatic heterocycles. The fourth-order valence-electron chi connectivity index (χ4n) is 3.49. The number of unbranched alkanes of at least 4 members (excludes halogenated alkanes) is 10. The van der Waals surface area contributed by atoms with Gasteiger partial charge in [-0.1, -0.05) is 83.8 Å². The van der Waals surface area contributed by atoms with E-state index in [0.29, 0.717) is 23.9 Å². The molecule has 0 fully saturated rings. The second kappa shape index (κ2) is 20.3. The summed E-state index contributed by atoms with van der Waals surface area (Å²) in [5.41, 5.74) is 0. The van der Waals surface area contributed by atoms with E-state index in [1.54, 1.807) is 6.08 Å². The second-order valence-corrected chi connectivity index (χ2v) is 11.9. The largest absolute Gasteiger partial charge is 0.472 e. The summed E-state index contributed by atoms with van der Waals surface area (Å²) in [7, 11) is 1.56. The highest BCUT2D eigenvalue weighted by Gasteiger charge is 2.27. The van der Waals surface area contributed by atoms with E-state index in [-0.39, 0.29) is 19.1 Å². The number of hydrogen-bond donors (Lipinski definition) is 3. The summed E-state index contributed by atoms with van der Waals surface area (Å²) in [6, 6.07) is -0.833. The third-order valence-corrected chi connectivity index (χ3v) is 6.71. The number of amides is 1. The summed E-state index contributed by atoms with van der Waals surface area (Å²) in [6.07, 6.45) is 17.0. The van der Waals surface area contributed by atoms with E-state index in [2.05, 4.69) is 12.2 Å². The van der Waals surface area contributed by atoms with Gasteiger partial charge in [-0.05, 0) is 19.3 Å². The van der Waals surface area contributed by atoms with Crippen molar-refractivity contribution in [3.63, 3.8) is 0 Å². The Morgan fingerprint density at radius 2 is 1.51 bits per heavy atom. The lowest BCUT2D eigenvalue weighted by molar-refractivity contribution is -0.870. The summed E-state index contributed by atoms with van der Waals surface area (Å²) in [6.45, 7) is 4.40. The smallest absolute Gasteiger partial charge is 0.387 e. The van der Waals surface area contributed by atoms with Gasteiger partial charge in [0, 0.05) is 6.42 Å². The van der Waals surface area contributed by atoms with Crippen molar-refractivity contribution >= 4 is 13.7 Å². The number of aliphatic hydroxyl groups is 1. The Morgan fingerprint density at radius 1 is 0.943 bits per heavy atom. The van der Waals surface area contributed by atoms with Crippen molar-refractivity contribution in [3.8, 4) is 0 Å². The second-order valence-electron chi connectivity index (χ2n) is 10.4. The van der Waals surface area contributed by atoms with E-state index in [1.807, 2.05) is 34.1 Å². The number of aliphatic hydroxyl groups excluding tert-OH is 1. The molecular weight excluding hydrogens is 467 g/mol. The molecule has 0 rings (SSSR count). The SMILES string of the molecule is CCCCCCCCCCCC/C=C/C(O)C(COP(=O)(O)OCC[N+](C)(C)C)NC(=O)CCC. The zero-order chi connectivity index (χ0) is 26.6. The number of likely N-dealkylation sites (N-methyl/N-ethyl adjacent to an activating group) is 1. The van der Waals surface area contributed by atoms with Crippen molar-refractivity contribution in [1.82, 2.24) is 5.32 Å². The summed E-state index contributed by atoms with van der Waals surface area (Å²) in [5, 5.41) is 13.3. The topological polar surface area (TPSA) is 105 Å². The first kappa shape index (κ1) is 34.2. The molecule has 0 saturated carbocycles. The molecule has 3 atom stereocenters. The Morgan fingerprint density at radius 3 is 2.06 bits per heavy atom. The standard InChI is InChI=1S/C26H53N2O6P/c1-6-8-9-10-11-12-13-14-15-16-17-18-20-25(29)24(27-26(30)19-7-2)23-34-35(31,32)33-22-21-28(3,4)5/h18,20,24-25,29H,6-17,19,21-23H2,1-5H3,(H-,27,30,31,32)/p+1/b20-18+. The number of hydrogen-bond acceptors (Lipinski definition) is 5. The monoisotopic (exact) mass is 521 g/mol. The molecule has 0 radical (unpaired) electrons. The van der Waals surface area contributed by atoms with Gasteiger partial charge in [0.15, 0.2) is 0 Å². The van der Waals surface area contributed by atoms with Crippen molar-refractivity contribution in [2.24, 2.45) is 0 Å². The van der Waals surface area contributed by atoms with E-state index in [1.165, 1.54) is 51.4 Å². The molecule has 3 N–H and O–H groups in total.